The molecule has 0 aromatic heterocycles. The highest BCUT2D eigenvalue weighted by molar-refractivity contribution is 5.89. The first-order valence-corrected chi connectivity index (χ1v) is 9.27. The number of nitrogens with one attached hydrogen (secondary N) is 2. The van der Waals surface area contributed by atoms with Gasteiger partial charge in [-0.05, 0) is 48.7 Å². The Kier molecular flexibility index (Phi) is 6.47. The number of halogens is 1. The van der Waals surface area contributed by atoms with E-state index in [1.165, 1.54) is 18.2 Å². The van der Waals surface area contributed by atoms with Gasteiger partial charge in [0, 0.05) is 31.2 Å². The largest absolute Gasteiger partial charge is 0.497 e. The number of benzene rings is 2. The van der Waals surface area contributed by atoms with E-state index in [9.17, 15) is 14.0 Å². The number of hydrogen-bond donors (Lipinski definition) is 2. The van der Waals surface area contributed by atoms with E-state index >= 15 is 0 Å². The average molecular weight is 385 g/mol. The topological polar surface area (TPSA) is 70.7 Å². The van der Waals surface area contributed by atoms with Crippen LogP contribution in [0.25, 0.3) is 0 Å². The van der Waals surface area contributed by atoms with Gasteiger partial charge in [0.1, 0.15) is 11.6 Å². The van der Waals surface area contributed by atoms with Crippen molar-refractivity contribution in [2.75, 3.05) is 19.0 Å². The van der Waals surface area contributed by atoms with Gasteiger partial charge < -0.3 is 20.3 Å². The minimum absolute atomic E-state index is 0.0673. The van der Waals surface area contributed by atoms with E-state index in [4.69, 9.17) is 4.74 Å². The molecule has 6 nitrogen and oxygen atoms in total. The summed E-state index contributed by atoms with van der Waals surface area (Å²) < 4.78 is 18.5. The molecule has 0 spiro atoms. The fourth-order valence-corrected chi connectivity index (χ4v) is 3.26. The van der Waals surface area contributed by atoms with Crippen LogP contribution < -0.4 is 15.4 Å². The van der Waals surface area contributed by atoms with Crippen LogP contribution in [0.1, 0.15) is 24.8 Å². The summed E-state index contributed by atoms with van der Waals surface area (Å²) in [6.45, 7) is 1.07. The van der Waals surface area contributed by atoms with Crippen LogP contribution in [0, 0.1) is 5.82 Å². The summed E-state index contributed by atoms with van der Waals surface area (Å²) in [5.74, 6) is 0.414. The number of nitrogens with zero attached hydrogens (tertiary/aromatic N) is 1. The zero-order chi connectivity index (χ0) is 19.9. The molecule has 0 aliphatic carbocycles. The number of carbonyl (C=O) groups is 2. The number of hydrogen-bond acceptors (Lipinski definition) is 3. The number of likely N-dealkylation sites (tertiary alicyclic amines) is 1. The van der Waals surface area contributed by atoms with E-state index in [1.54, 1.807) is 18.1 Å². The fraction of sp³-hybridized carbons (Fsp3) is 0.333. The third kappa shape index (κ3) is 5.45. The average Bonchev–Trinajstić information content (AvgIpc) is 2.84. The van der Waals surface area contributed by atoms with Crippen LogP contribution in [0.5, 0.6) is 5.75 Å². The zero-order valence-electron chi connectivity index (χ0n) is 15.8. The Morgan fingerprint density at radius 1 is 1.21 bits per heavy atom. The Morgan fingerprint density at radius 3 is 2.82 bits per heavy atom. The van der Waals surface area contributed by atoms with Gasteiger partial charge in [-0.1, -0.05) is 18.2 Å². The van der Waals surface area contributed by atoms with E-state index in [0.29, 0.717) is 38.0 Å². The molecule has 148 valence electrons. The summed E-state index contributed by atoms with van der Waals surface area (Å²) in [5, 5.41) is 5.50. The molecular weight excluding hydrogens is 361 g/mol. The molecule has 0 bridgehead atoms. The van der Waals surface area contributed by atoms with Gasteiger partial charge in [-0.25, -0.2) is 9.18 Å². The third-order valence-electron chi connectivity index (χ3n) is 4.73. The molecule has 2 N–H and O–H groups in total. The van der Waals surface area contributed by atoms with Crippen molar-refractivity contribution in [3.8, 4) is 5.75 Å². The third-order valence-corrected chi connectivity index (χ3v) is 4.73. The second-order valence-corrected chi connectivity index (χ2v) is 6.80. The van der Waals surface area contributed by atoms with Crippen LogP contribution in [0.2, 0.25) is 0 Å². The summed E-state index contributed by atoms with van der Waals surface area (Å²) in [5.41, 5.74) is 1.39. The molecule has 28 heavy (non-hydrogen) atoms. The lowest BCUT2D eigenvalue weighted by atomic mass is 10.1. The molecule has 1 atom stereocenters. The summed E-state index contributed by atoms with van der Waals surface area (Å²) in [6.07, 6.45) is 1.60. The zero-order valence-corrected chi connectivity index (χ0v) is 15.8. The number of ether oxygens (including phenoxy) is 1. The predicted octanol–water partition coefficient (Wildman–Crippen LogP) is 3.54. The highest BCUT2D eigenvalue weighted by Gasteiger charge is 2.23. The number of anilines is 1. The van der Waals surface area contributed by atoms with Crippen molar-refractivity contribution in [1.82, 2.24) is 10.2 Å². The Labute approximate surface area is 163 Å². The van der Waals surface area contributed by atoms with Crippen molar-refractivity contribution < 1.29 is 18.7 Å². The smallest absolute Gasteiger partial charge is 0.319 e. The second-order valence-electron chi connectivity index (χ2n) is 6.80. The van der Waals surface area contributed by atoms with Gasteiger partial charge in [-0.15, -0.1) is 0 Å². The van der Waals surface area contributed by atoms with Crippen molar-refractivity contribution >= 4 is 17.6 Å². The predicted molar refractivity (Wildman–Crippen MR) is 105 cm³/mol. The van der Waals surface area contributed by atoms with Gasteiger partial charge in [0.05, 0.1) is 7.11 Å². The Morgan fingerprint density at radius 2 is 2.04 bits per heavy atom. The van der Waals surface area contributed by atoms with Crippen LogP contribution in [-0.4, -0.2) is 36.5 Å². The number of amides is 3. The Hall–Kier alpha value is -3.09. The van der Waals surface area contributed by atoms with Gasteiger partial charge >= 0.3 is 6.03 Å². The van der Waals surface area contributed by atoms with Gasteiger partial charge in [0.2, 0.25) is 5.91 Å². The van der Waals surface area contributed by atoms with E-state index in [2.05, 4.69) is 10.6 Å². The molecule has 1 fully saturated rings. The minimum Gasteiger partial charge on any atom is -0.497 e. The molecule has 1 aliphatic rings. The molecule has 2 aromatic rings. The summed E-state index contributed by atoms with van der Waals surface area (Å²) in [6, 6.07) is 12.9. The SMILES string of the molecule is COc1cccc(CN2CCC(NC(=O)Nc3cccc(F)c3)CCC2=O)c1. The van der Waals surface area contributed by atoms with E-state index in [-0.39, 0.29) is 11.9 Å². The lowest BCUT2D eigenvalue weighted by Gasteiger charge is -2.21. The van der Waals surface area contributed by atoms with Crippen molar-refractivity contribution in [2.45, 2.75) is 31.8 Å². The Balaban J connectivity index is 1.54. The molecule has 0 saturated carbocycles. The summed E-state index contributed by atoms with van der Waals surface area (Å²) in [7, 11) is 1.61. The lowest BCUT2D eigenvalue weighted by Crippen LogP contribution is -2.38. The normalized spacial score (nSPS) is 17.0. The first-order chi connectivity index (χ1) is 13.5. The van der Waals surface area contributed by atoms with Crippen LogP contribution in [0.3, 0.4) is 0 Å². The number of methoxy groups -OCH3 is 1. The molecule has 3 amide bonds. The molecule has 3 rings (SSSR count). The molecule has 1 unspecified atom stereocenters. The van der Waals surface area contributed by atoms with E-state index in [1.807, 2.05) is 24.3 Å². The van der Waals surface area contributed by atoms with Gasteiger partial charge in [0.15, 0.2) is 0 Å². The molecule has 1 heterocycles. The Bertz CT molecular complexity index is 843. The minimum atomic E-state index is -0.411. The van der Waals surface area contributed by atoms with Gasteiger partial charge in [-0.3, -0.25) is 4.79 Å². The maximum atomic E-state index is 13.2. The molecule has 1 aliphatic heterocycles. The van der Waals surface area contributed by atoms with Crippen molar-refractivity contribution in [2.24, 2.45) is 0 Å². The number of carbonyl (C=O) groups excluding carboxylic acids is 2. The van der Waals surface area contributed by atoms with Gasteiger partial charge in [0.25, 0.3) is 0 Å². The van der Waals surface area contributed by atoms with Crippen LogP contribution in [0.4, 0.5) is 14.9 Å². The summed E-state index contributed by atoms with van der Waals surface area (Å²) in [4.78, 5) is 26.4. The van der Waals surface area contributed by atoms with Crippen molar-refractivity contribution in [1.29, 1.82) is 0 Å². The molecule has 0 radical (unpaired) electrons. The first kappa shape index (κ1) is 19.7. The maximum Gasteiger partial charge on any atom is 0.319 e. The fourth-order valence-electron chi connectivity index (χ4n) is 3.26. The van der Waals surface area contributed by atoms with Crippen molar-refractivity contribution in [3.05, 3.63) is 59.9 Å². The van der Waals surface area contributed by atoms with Crippen LogP contribution >= 0.6 is 0 Å². The van der Waals surface area contributed by atoms with E-state index in [0.717, 1.165) is 11.3 Å². The quantitative estimate of drug-likeness (QED) is 0.827. The molecule has 2 aromatic carbocycles. The van der Waals surface area contributed by atoms with Crippen LogP contribution in [0.15, 0.2) is 48.5 Å². The van der Waals surface area contributed by atoms with Crippen molar-refractivity contribution in [3.63, 3.8) is 0 Å². The monoisotopic (exact) mass is 385 g/mol. The van der Waals surface area contributed by atoms with Gasteiger partial charge in [-0.2, -0.15) is 0 Å². The number of rotatable bonds is 5. The van der Waals surface area contributed by atoms with E-state index < -0.39 is 11.8 Å². The maximum absolute atomic E-state index is 13.2. The summed E-state index contributed by atoms with van der Waals surface area (Å²) >= 11 is 0. The molecule has 1 saturated heterocycles. The molecule has 7 heteroatoms. The highest BCUT2D eigenvalue weighted by Crippen LogP contribution is 2.18. The highest BCUT2D eigenvalue weighted by atomic mass is 19.1. The second kappa shape index (κ2) is 9.21. The lowest BCUT2D eigenvalue weighted by molar-refractivity contribution is -0.131. The number of urea groups is 1. The van der Waals surface area contributed by atoms with Crippen LogP contribution in [-0.2, 0) is 11.3 Å². The first-order valence-electron chi connectivity index (χ1n) is 9.27. The molecular formula is C21H24FN3O3. The standard InChI is InChI=1S/C21H24FN3O3/c1-28-19-7-2-4-15(12-19)14-25-11-10-17(8-9-20(25)26)23-21(27)24-18-6-3-5-16(22)13-18/h2-7,12-13,17H,8-11,14H2,1H3,(H2,23,24,27).